The summed E-state index contributed by atoms with van der Waals surface area (Å²) < 4.78 is 0.286. The zero-order valence-electron chi connectivity index (χ0n) is 3.01. The molecule has 40 valence electrons. The lowest BCUT2D eigenvalue weighted by atomic mass is 11.0. The molecule has 0 fully saturated rings. The van der Waals surface area contributed by atoms with Crippen LogP contribution in [0.2, 0.25) is 0 Å². The molecule has 0 heterocycles. The van der Waals surface area contributed by atoms with Crippen LogP contribution < -0.4 is 0 Å². The predicted molar refractivity (Wildman–Crippen MR) is 37.0 cm³/mol. The van der Waals surface area contributed by atoms with Gasteiger partial charge in [0.05, 0.1) is 0 Å². The van der Waals surface area contributed by atoms with E-state index in [-0.39, 0.29) is 8.43 Å². The third-order valence-electron chi connectivity index (χ3n) is 0.189. The first-order valence-electron chi connectivity index (χ1n) is 1.26. The Morgan fingerprint density at radius 3 is 1.71 bits per heavy atom. The standard InChI is InChI=1S/C3BrCl3/c4-2(5)1-3(6)7. The lowest BCUT2D eigenvalue weighted by Gasteiger charge is -1.69. The quantitative estimate of drug-likeness (QED) is 0.551. The normalized spacial score (nSPS) is 7.43. The van der Waals surface area contributed by atoms with Crippen LogP contribution >= 0.6 is 50.7 Å². The van der Waals surface area contributed by atoms with Crippen LogP contribution in [0.4, 0.5) is 0 Å². The van der Waals surface area contributed by atoms with Gasteiger partial charge in [0.15, 0.2) is 4.49 Å². The molecule has 0 spiro atoms. The fraction of sp³-hybridized carbons (Fsp3) is 0. The third kappa shape index (κ3) is 6.87. The molecule has 0 amide bonds. The Balaban J connectivity index is 4.13. The Morgan fingerprint density at radius 1 is 1.29 bits per heavy atom. The molecule has 0 aromatic heterocycles. The summed E-state index contributed by atoms with van der Waals surface area (Å²) in [4.78, 5) is 0. The van der Waals surface area contributed by atoms with Crippen molar-refractivity contribution in [3.8, 4) is 0 Å². The highest BCUT2D eigenvalue weighted by Crippen LogP contribution is 2.12. The second kappa shape index (κ2) is 3.82. The molecule has 0 aliphatic carbocycles. The van der Waals surface area contributed by atoms with E-state index < -0.39 is 0 Å². The maximum absolute atomic E-state index is 5.21. The molecular weight excluding hydrogens is 222 g/mol. The Bertz CT molecular complexity index is 102. The molecule has 0 rings (SSSR count). The first kappa shape index (κ1) is 7.87. The zero-order chi connectivity index (χ0) is 5.86. The molecule has 0 aliphatic heterocycles. The largest absolute Gasteiger partial charge is 0.150 e. The summed E-state index contributed by atoms with van der Waals surface area (Å²) in [6, 6.07) is 0. The Morgan fingerprint density at radius 2 is 1.71 bits per heavy atom. The molecule has 0 atom stereocenters. The van der Waals surface area contributed by atoms with Crippen molar-refractivity contribution in [2.45, 2.75) is 0 Å². The molecule has 0 aromatic rings. The van der Waals surface area contributed by atoms with Crippen LogP contribution in [0.25, 0.3) is 0 Å². The highest BCUT2D eigenvalue weighted by atomic mass is 79.9. The molecule has 0 saturated carbocycles. The topological polar surface area (TPSA) is 0 Å². The minimum Gasteiger partial charge on any atom is -0.0667 e. The molecule has 0 bridgehead atoms. The van der Waals surface area contributed by atoms with Crippen LogP contribution in [0.3, 0.4) is 0 Å². The van der Waals surface area contributed by atoms with Gasteiger partial charge in [0.2, 0.25) is 0 Å². The van der Waals surface area contributed by atoms with E-state index >= 15 is 0 Å². The average Bonchev–Trinajstić information content (AvgIpc) is 1.27. The fourth-order valence-electron chi connectivity index (χ4n) is 0.0714. The predicted octanol–water partition coefficient (Wildman–Crippen LogP) is 3.38. The van der Waals surface area contributed by atoms with E-state index in [0.717, 1.165) is 0 Å². The maximum Gasteiger partial charge on any atom is 0.150 e. The fourth-order valence-corrected chi connectivity index (χ4v) is 0.878. The molecule has 0 nitrogen and oxygen atoms in total. The highest BCUT2D eigenvalue weighted by molar-refractivity contribution is 9.12. The van der Waals surface area contributed by atoms with Crippen molar-refractivity contribution in [3.05, 3.63) is 14.2 Å². The first-order chi connectivity index (χ1) is 3.13. The summed E-state index contributed by atoms with van der Waals surface area (Å²) in [5.74, 6) is 0. The minimum atomic E-state index is 0.0156. The van der Waals surface area contributed by atoms with Crippen molar-refractivity contribution in [1.82, 2.24) is 0 Å². The van der Waals surface area contributed by atoms with Crippen LogP contribution in [0.5, 0.6) is 0 Å². The van der Waals surface area contributed by atoms with Gasteiger partial charge >= 0.3 is 0 Å². The van der Waals surface area contributed by atoms with E-state index in [1.165, 1.54) is 0 Å². The molecule has 0 aromatic carbocycles. The minimum absolute atomic E-state index is 0.0156. The van der Waals surface area contributed by atoms with E-state index in [0.29, 0.717) is 0 Å². The van der Waals surface area contributed by atoms with Gasteiger partial charge in [0.25, 0.3) is 0 Å². The summed E-state index contributed by atoms with van der Waals surface area (Å²) >= 11 is 18.3. The summed E-state index contributed by atoms with van der Waals surface area (Å²) in [5, 5.41) is 0. The third-order valence-corrected chi connectivity index (χ3v) is 0.671. The van der Waals surface area contributed by atoms with Gasteiger partial charge in [-0.2, -0.15) is 0 Å². The highest BCUT2D eigenvalue weighted by Gasteiger charge is 1.78. The molecule has 4 heteroatoms. The lowest BCUT2D eigenvalue weighted by molar-refractivity contribution is 2.24. The van der Waals surface area contributed by atoms with E-state index in [9.17, 15) is 0 Å². The van der Waals surface area contributed by atoms with Gasteiger partial charge in [0.1, 0.15) is 3.94 Å². The molecular formula is C3BrCl3. The van der Waals surface area contributed by atoms with Crippen molar-refractivity contribution in [1.29, 1.82) is 0 Å². The van der Waals surface area contributed by atoms with Crippen LogP contribution in [-0.2, 0) is 0 Å². The Labute approximate surface area is 64.9 Å². The van der Waals surface area contributed by atoms with Gasteiger partial charge in [0, 0.05) is 0 Å². The van der Waals surface area contributed by atoms with Gasteiger partial charge in [-0.3, -0.25) is 0 Å². The molecule has 0 unspecified atom stereocenters. The number of hydrogen-bond donors (Lipinski definition) is 0. The van der Waals surface area contributed by atoms with Crippen molar-refractivity contribution < 1.29 is 0 Å². The van der Waals surface area contributed by atoms with Crippen LogP contribution in [0, 0.1) is 0 Å². The monoisotopic (exact) mass is 220 g/mol. The molecule has 0 radical (unpaired) electrons. The maximum atomic E-state index is 5.21. The van der Waals surface area contributed by atoms with Crippen LogP contribution in [0.1, 0.15) is 0 Å². The summed E-state index contributed by atoms with van der Waals surface area (Å²) in [6.45, 7) is 0. The van der Waals surface area contributed by atoms with Crippen molar-refractivity contribution in [2.24, 2.45) is 0 Å². The SMILES string of the molecule is ClC(Cl)=C=C(Cl)Br. The number of hydrogen-bond acceptors (Lipinski definition) is 0. The number of halogens is 4. The van der Waals surface area contributed by atoms with Gasteiger partial charge in [-0.15, -0.1) is 0 Å². The Kier molecular flexibility index (Phi) is 4.30. The van der Waals surface area contributed by atoms with Gasteiger partial charge in [-0.05, 0) is 15.9 Å². The molecule has 0 N–H and O–H groups in total. The van der Waals surface area contributed by atoms with Gasteiger partial charge in [-0.25, -0.2) is 0 Å². The smallest absolute Gasteiger partial charge is 0.0667 e. The van der Waals surface area contributed by atoms with E-state index in [1.54, 1.807) is 0 Å². The van der Waals surface area contributed by atoms with Crippen molar-refractivity contribution >= 4 is 50.7 Å². The second-order valence-electron chi connectivity index (χ2n) is 0.646. The summed E-state index contributed by atoms with van der Waals surface area (Å²) in [6.07, 6.45) is 0. The molecule has 0 saturated heterocycles. The molecule has 7 heavy (non-hydrogen) atoms. The van der Waals surface area contributed by atoms with Gasteiger partial charge < -0.3 is 0 Å². The Hall–Kier alpha value is 0.870. The zero-order valence-corrected chi connectivity index (χ0v) is 6.87. The van der Waals surface area contributed by atoms with Crippen molar-refractivity contribution in [2.75, 3.05) is 0 Å². The number of rotatable bonds is 0. The van der Waals surface area contributed by atoms with Crippen molar-refractivity contribution in [3.63, 3.8) is 0 Å². The average molecular weight is 222 g/mol. The lowest BCUT2D eigenvalue weighted by Crippen LogP contribution is -1.41. The van der Waals surface area contributed by atoms with E-state index in [4.69, 9.17) is 34.8 Å². The first-order valence-corrected chi connectivity index (χ1v) is 3.18. The van der Waals surface area contributed by atoms with Gasteiger partial charge in [-0.1, -0.05) is 40.5 Å². The summed E-state index contributed by atoms with van der Waals surface area (Å²) in [5.41, 5.74) is 2.35. The molecule has 0 aliphatic rings. The van der Waals surface area contributed by atoms with Crippen LogP contribution in [0.15, 0.2) is 14.2 Å². The van der Waals surface area contributed by atoms with E-state index in [2.05, 4.69) is 21.7 Å². The summed E-state index contributed by atoms with van der Waals surface area (Å²) in [7, 11) is 0. The second-order valence-corrected chi connectivity index (χ2v) is 3.22. The van der Waals surface area contributed by atoms with E-state index in [1.807, 2.05) is 0 Å². The van der Waals surface area contributed by atoms with Crippen LogP contribution in [-0.4, -0.2) is 0 Å².